The minimum Gasteiger partial charge on any atom is -0.493 e. The number of aromatic nitrogens is 1. The van der Waals surface area contributed by atoms with Crippen molar-refractivity contribution in [3.63, 3.8) is 0 Å². The number of aryl methyl sites for hydroxylation is 1. The third kappa shape index (κ3) is 3.72. The van der Waals surface area contributed by atoms with E-state index in [2.05, 4.69) is 11.6 Å². The van der Waals surface area contributed by atoms with Gasteiger partial charge in [0.1, 0.15) is 5.75 Å². The molecule has 0 saturated carbocycles. The SMILES string of the molecule is C=C(C)CCOc1cc(C)ncc1CO. The van der Waals surface area contributed by atoms with Gasteiger partial charge in [0.15, 0.2) is 0 Å². The van der Waals surface area contributed by atoms with Gasteiger partial charge in [0.2, 0.25) is 0 Å². The molecule has 1 heterocycles. The fourth-order valence-electron chi connectivity index (χ4n) is 1.15. The molecule has 1 aromatic rings. The topological polar surface area (TPSA) is 42.4 Å². The van der Waals surface area contributed by atoms with Gasteiger partial charge in [-0.15, -0.1) is 6.58 Å². The fraction of sp³-hybridized carbons (Fsp3) is 0.417. The van der Waals surface area contributed by atoms with Gasteiger partial charge in [0.25, 0.3) is 0 Å². The van der Waals surface area contributed by atoms with Gasteiger partial charge in [-0.2, -0.15) is 0 Å². The number of hydrogen-bond donors (Lipinski definition) is 1. The molecule has 0 spiro atoms. The zero-order valence-electron chi connectivity index (χ0n) is 9.29. The first-order chi connectivity index (χ1) is 7.13. The zero-order chi connectivity index (χ0) is 11.3. The van der Waals surface area contributed by atoms with E-state index in [9.17, 15) is 0 Å². The lowest BCUT2D eigenvalue weighted by Crippen LogP contribution is -2.02. The van der Waals surface area contributed by atoms with E-state index in [0.717, 1.165) is 23.3 Å². The van der Waals surface area contributed by atoms with Crippen molar-refractivity contribution in [3.05, 3.63) is 35.7 Å². The highest BCUT2D eigenvalue weighted by atomic mass is 16.5. The lowest BCUT2D eigenvalue weighted by Gasteiger charge is -2.10. The van der Waals surface area contributed by atoms with Crippen molar-refractivity contribution >= 4 is 0 Å². The van der Waals surface area contributed by atoms with Crippen LogP contribution in [0.2, 0.25) is 0 Å². The van der Waals surface area contributed by atoms with Crippen LogP contribution in [-0.2, 0) is 6.61 Å². The van der Waals surface area contributed by atoms with E-state index in [4.69, 9.17) is 9.84 Å². The average molecular weight is 207 g/mol. The molecule has 0 atom stereocenters. The van der Waals surface area contributed by atoms with Gasteiger partial charge < -0.3 is 9.84 Å². The summed E-state index contributed by atoms with van der Waals surface area (Å²) < 4.78 is 5.56. The summed E-state index contributed by atoms with van der Waals surface area (Å²) in [5, 5.41) is 9.08. The molecule has 0 amide bonds. The van der Waals surface area contributed by atoms with E-state index in [-0.39, 0.29) is 6.61 Å². The van der Waals surface area contributed by atoms with Crippen LogP contribution in [-0.4, -0.2) is 16.7 Å². The predicted octanol–water partition coefficient (Wildman–Crippen LogP) is 2.23. The molecule has 15 heavy (non-hydrogen) atoms. The Labute approximate surface area is 90.4 Å². The first-order valence-electron chi connectivity index (χ1n) is 4.97. The van der Waals surface area contributed by atoms with Crippen molar-refractivity contribution in [1.29, 1.82) is 0 Å². The quantitative estimate of drug-likeness (QED) is 0.753. The number of rotatable bonds is 5. The molecular weight excluding hydrogens is 190 g/mol. The van der Waals surface area contributed by atoms with Crippen LogP contribution in [0.4, 0.5) is 0 Å². The number of nitrogens with zero attached hydrogens (tertiary/aromatic N) is 1. The van der Waals surface area contributed by atoms with E-state index in [1.165, 1.54) is 0 Å². The lowest BCUT2D eigenvalue weighted by atomic mass is 10.2. The first kappa shape index (κ1) is 11.7. The fourth-order valence-corrected chi connectivity index (χ4v) is 1.15. The molecule has 0 aliphatic rings. The Morgan fingerprint density at radius 1 is 1.60 bits per heavy atom. The third-order valence-corrected chi connectivity index (χ3v) is 2.04. The van der Waals surface area contributed by atoms with Crippen molar-refractivity contribution < 1.29 is 9.84 Å². The van der Waals surface area contributed by atoms with E-state index >= 15 is 0 Å². The molecule has 3 heteroatoms. The summed E-state index contributed by atoms with van der Waals surface area (Å²) in [5.41, 5.74) is 2.70. The monoisotopic (exact) mass is 207 g/mol. The van der Waals surface area contributed by atoms with Crippen molar-refractivity contribution in [3.8, 4) is 5.75 Å². The zero-order valence-corrected chi connectivity index (χ0v) is 9.29. The van der Waals surface area contributed by atoms with Crippen LogP contribution in [0, 0.1) is 6.92 Å². The van der Waals surface area contributed by atoms with Crippen LogP contribution < -0.4 is 4.74 Å². The normalized spacial score (nSPS) is 10.1. The second-order valence-electron chi connectivity index (χ2n) is 3.65. The molecule has 0 aliphatic heterocycles. The van der Waals surface area contributed by atoms with Crippen molar-refractivity contribution in [2.45, 2.75) is 26.9 Å². The minimum atomic E-state index is -0.0459. The maximum Gasteiger partial charge on any atom is 0.128 e. The van der Waals surface area contributed by atoms with Crippen LogP contribution in [0.3, 0.4) is 0 Å². The summed E-state index contributed by atoms with van der Waals surface area (Å²) in [6.45, 7) is 8.21. The van der Waals surface area contributed by atoms with Crippen molar-refractivity contribution in [1.82, 2.24) is 4.98 Å². The number of ether oxygens (including phenoxy) is 1. The summed E-state index contributed by atoms with van der Waals surface area (Å²) in [7, 11) is 0. The van der Waals surface area contributed by atoms with Crippen molar-refractivity contribution in [2.75, 3.05) is 6.61 Å². The second-order valence-corrected chi connectivity index (χ2v) is 3.65. The predicted molar refractivity (Wildman–Crippen MR) is 59.8 cm³/mol. The Morgan fingerprint density at radius 2 is 2.33 bits per heavy atom. The Balaban J connectivity index is 2.65. The third-order valence-electron chi connectivity index (χ3n) is 2.04. The summed E-state index contributed by atoms with van der Waals surface area (Å²) in [5.74, 6) is 0.714. The molecular formula is C12H17NO2. The van der Waals surface area contributed by atoms with E-state index in [0.29, 0.717) is 12.4 Å². The van der Waals surface area contributed by atoms with Crippen molar-refractivity contribution in [2.24, 2.45) is 0 Å². The largest absolute Gasteiger partial charge is 0.493 e. The Bertz CT molecular complexity index is 347. The maximum atomic E-state index is 9.08. The van der Waals surface area contributed by atoms with Crippen LogP contribution in [0.25, 0.3) is 0 Å². The maximum absolute atomic E-state index is 9.08. The summed E-state index contributed by atoms with van der Waals surface area (Å²) in [4.78, 5) is 4.10. The highest BCUT2D eigenvalue weighted by molar-refractivity contribution is 5.32. The molecule has 1 aromatic heterocycles. The van der Waals surface area contributed by atoms with Crippen LogP contribution in [0.5, 0.6) is 5.75 Å². The van der Waals surface area contributed by atoms with Crippen LogP contribution >= 0.6 is 0 Å². The Kier molecular flexibility index (Phi) is 4.31. The summed E-state index contributed by atoms with van der Waals surface area (Å²) in [6.07, 6.45) is 2.47. The van der Waals surface area contributed by atoms with Gasteiger partial charge in [-0.3, -0.25) is 4.98 Å². The standard InChI is InChI=1S/C12H17NO2/c1-9(2)4-5-15-12-6-10(3)13-7-11(12)8-14/h6-7,14H,1,4-5,8H2,2-3H3. The molecule has 0 fully saturated rings. The van der Waals surface area contributed by atoms with Gasteiger partial charge in [-0.25, -0.2) is 0 Å². The molecule has 1 rings (SSSR count). The van der Waals surface area contributed by atoms with E-state index in [1.54, 1.807) is 6.20 Å². The molecule has 0 aromatic carbocycles. The molecule has 82 valence electrons. The van der Waals surface area contributed by atoms with Gasteiger partial charge in [-0.1, -0.05) is 5.57 Å². The number of hydrogen-bond acceptors (Lipinski definition) is 3. The molecule has 0 aliphatic carbocycles. The number of aliphatic hydroxyl groups excluding tert-OH is 1. The smallest absolute Gasteiger partial charge is 0.128 e. The minimum absolute atomic E-state index is 0.0459. The lowest BCUT2D eigenvalue weighted by molar-refractivity contribution is 0.263. The Morgan fingerprint density at radius 3 is 2.93 bits per heavy atom. The van der Waals surface area contributed by atoms with E-state index < -0.39 is 0 Å². The number of pyridine rings is 1. The van der Waals surface area contributed by atoms with Gasteiger partial charge in [-0.05, 0) is 13.8 Å². The van der Waals surface area contributed by atoms with E-state index in [1.807, 2.05) is 19.9 Å². The molecule has 3 nitrogen and oxygen atoms in total. The molecule has 1 N–H and O–H groups in total. The average Bonchev–Trinajstić information content (AvgIpc) is 2.17. The first-order valence-corrected chi connectivity index (χ1v) is 4.97. The molecule has 0 bridgehead atoms. The highest BCUT2D eigenvalue weighted by Crippen LogP contribution is 2.18. The molecule has 0 unspecified atom stereocenters. The summed E-state index contributed by atoms with van der Waals surface area (Å²) >= 11 is 0. The second kappa shape index (κ2) is 5.51. The highest BCUT2D eigenvalue weighted by Gasteiger charge is 2.03. The van der Waals surface area contributed by atoms with Gasteiger partial charge in [0.05, 0.1) is 13.2 Å². The molecule has 0 radical (unpaired) electrons. The number of aliphatic hydroxyl groups is 1. The Hall–Kier alpha value is -1.35. The van der Waals surface area contributed by atoms with Crippen LogP contribution in [0.15, 0.2) is 24.4 Å². The molecule has 0 saturated heterocycles. The summed E-state index contributed by atoms with van der Waals surface area (Å²) in [6, 6.07) is 1.84. The van der Waals surface area contributed by atoms with Crippen LogP contribution in [0.1, 0.15) is 24.6 Å². The van der Waals surface area contributed by atoms with Gasteiger partial charge >= 0.3 is 0 Å². The van der Waals surface area contributed by atoms with Gasteiger partial charge in [0, 0.05) is 29.9 Å².